The predicted molar refractivity (Wildman–Crippen MR) is 85.5 cm³/mol. The molecule has 2 N–H and O–H groups in total. The average Bonchev–Trinajstić information content (AvgIpc) is 2.48. The van der Waals surface area contributed by atoms with Crippen molar-refractivity contribution in [2.24, 2.45) is 0 Å². The summed E-state index contributed by atoms with van der Waals surface area (Å²) in [6.45, 7) is 1.50. The number of anilines is 1. The van der Waals surface area contributed by atoms with Crippen LogP contribution in [0.15, 0.2) is 40.9 Å². The summed E-state index contributed by atoms with van der Waals surface area (Å²) in [5.74, 6) is -2.39. The molecule has 0 unspecified atom stereocenters. The monoisotopic (exact) mass is 386 g/mol. The summed E-state index contributed by atoms with van der Waals surface area (Å²) < 4.78 is 40.7. The molecule has 23 heavy (non-hydrogen) atoms. The molecule has 2 aromatic carbocycles. The van der Waals surface area contributed by atoms with Gasteiger partial charge in [-0.3, -0.25) is 4.79 Å². The van der Waals surface area contributed by atoms with Crippen LogP contribution in [0.2, 0.25) is 0 Å². The topological polar surface area (TPSA) is 41.1 Å². The summed E-state index contributed by atoms with van der Waals surface area (Å²) in [6.07, 6.45) is 0. The molecular weight excluding hydrogens is 373 g/mol. The third kappa shape index (κ3) is 4.80. The first-order valence-corrected chi connectivity index (χ1v) is 7.59. The number of amides is 1. The molecule has 2 aromatic rings. The van der Waals surface area contributed by atoms with Crippen LogP contribution in [0.5, 0.6) is 0 Å². The molecule has 0 radical (unpaired) electrons. The van der Waals surface area contributed by atoms with Crippen LogP contribution in [0.3, 0.4) is 0 Å². The lowest BCUT2D eigenvalue weighted by atomic mass is 10.1. The number of benzene rings is 2. The van der Waals surface area contributed by atoms with Crippen LogP contribution in [0.25, 0.3) is 0 Å². The lowest BCUT2D eigenvalue weighted by molar-refractivity contribution is -0.115. The Labute approximate surface area is 140 Å². The van der Waals surface area contributed by atoms with E-state index in [2.05, 4.69) is 26.6 Å². The molecule has 7 heteroatoms. The maximum atomic E-state index is 13.6. The molecule has 0 saturated carbocycles. The highest BCUT2D eigenvalue weighted by atomic mass is 79.9. The molecule has 0 fully saturated rings. The standard InChI is InChI=1S/C16H14BrF3N2O/c1-9(12-4-3-11(18)7-13(12)19)21-8-16(23)22-15-5-2-10(17)6-14(15)20/h2-7,9,21H,8H2,1H3,(H,22,23)/t9-/m1/s1. The number of hydrogen-bond donors (Lipinski definition) is 2. The Kier molecular flexibility index (Phi) is 5.79. The molecular formula is C16H14BrF3N2O. The van der Waals surface area contributed by atoms with Gasteiger partial charge in [-0.05, 0) is 31.2 Å². The van der Waals surface area contributed by atoms with Gasteiger partial charge in [0.25, 0.3) is 0 Å². The normalized spacial score (nSPS) is 12.0. The third-order valence-corrected chi connectivity index (χ3v) is 3.70. The van der Waals surface area contributed by atoms with Crippen molar-refractivity contribution in [3.05, 3.63) is 63.9 Å². The fourth-order valence-electron chi connectivity index (χ4n) is 1.99. The van der Waals surface area contributed by atoms with Gasteiger partial charge >= 0.3 is 0 Å². The highest BCUT2D eigenvalue weighted by molar-refractivity contribution is 9.10. The Morgan fingerprint density at radius 2 is 1.87 bits per heavy atom. The van der Waals surface area contributed by atoms with Gasteiger partial charge in [0.15, 0.2) is 0 Å². The van der Waals surface area contributed by atoms with Crippen LogP contribution >= 0.6 is 15.9 Å². The SMILES string of the molecule is C[C@@H](NCC(=O)Nc1ccc(Br)cc1F)c1ccc(F)cc1F. The van der Waals surface area contributed by atoms with Crippen LogP contribution in [0, 0.1) is 17.5 Å². The third-order valence-electron chi connectivity index (χ3n) is 3.20. The van der Waals surface area contributed by atoms with Crippen molar-refractivity contribution in [1.82, 2.24) is 5.32 Å². The van der Waals surface area contributed by atoms with Gasteiger partial charge in [0.2, 0.25) is 5.91 Å². The molecule has 2 rings (SSSR count). The largest absolute Gasteiger partial charge is 0.322 e. The van der Waals surface area contributed by atoms with Gasteiger partial charge in [0, 0.05) is 22.1 Å². The molecule has 1 amide bonds. The van der Waals surface area contributed by atoms with Crippen molar-refractivity contribution >= 4 is 27.5 Å². The quantitative estimate of drug-likeness (QED) is 0.809. The Bertz CT molecular complexity index is 724. The van der Waals surface area contributed by atoms with E-state index in [0.717, 1.165) is 12.1 Å². The number of carbonyl (C=O) groups excluding carboxylic acids is 1. The van der Waals surface area contributed by atoms with Crippen LogP contribution in [-0.4, -0.2) is 12.5 Å². The number of carbonyl (C=O) groups is 1. The molecule has 0 saturated heterocycles. The Morgan fingerprint density at radius 3 is 2.52 bits per heavy atom. The zero-order valence-corrected chi connectivity index (χ0v) is 13.8. The molecule has 0 aliphatic carbocycles. The molecule has 0 aromatic heterocycles. The van der Waals surface area contributed by atoms with Gasteiger partial charge in [-0.25, -0.2) is 13.2 Å². The minimum Gasteiger partial charge on any atom is -0.322 e. The van der Waals surface area contributed by atoms with Gasteiger partial charge in [0.1, 0.15) is 17.5 Å². The lowest BCUT2D eigenvalue weighted by Gasteiger charge is -2.15. The summed E-state index contributed by atoms with van der Waals surface area (Å²) in [4.78, 5) is 11.8. The molecule has 3 nitrogen and oxygen atoms in total. The van der Waals surface area contributed by atoms with Gasteiger partial charge in [0.05, 0.1) is 12.2 Å². The van der Waals surface area contributed by atoms with Crippen molar-refractivity contribution < 1.29 is 18.0 Å². The Morgan fingerprint density at radius 1 is 1.13 bits per heavy atom. The molecule has 0 aliphatic rings. The van der Waals surface area contributed by atoms with Gasteiger partial charge in [-0.1, -0.05) is 22.0 Å². The highest BCUT2D eigenvalue weighted by Gasteiger charge is 2.13. The van der Waals surface area contributed by atoms with Gasteiger partial charge < -0.3 is 10.6 Å². The van der Waals surface area contributed by atoms with E-state index in [0.29, 0.717) is 4.47 Å². The van der Waals surface area contributed by atoms with Gasteiger partial charge in [-0.15, -0.1) is 0 Å². The highest BCUT2D eigenvalue weighted by Crippen LogP contribution is 2.20. The minimum absolute atomic E-state index is 0.0561. The molecule has 0 bridgehead atoms. The van der Waals surface area contributed by atoms with E-state index >= 15 is 0 Å². The van der Waals surface area contributed by atoms with E-state index < -0.39 is 29.4 Å². The summed E-state index contributed by atoms with van der Waals surface area (Å²) in [5.41, 5.74) is 0.301. The van der Waals surface area contributed by atoms with Gasteiger partial charge in [-0.2, -0.15) is 0 Å². The first-order chi connectivity index (χ1) is 10.9. The number of halogens is 4. The predicted octanol–water partition coefficient (Wildman–Crippen LogP) is 4.16. The molecule has 0 spiro atoms. The maximum absolute atomic E-state index is 13.6. The van der Waals surface area contributed by atoms with Crippen LogP contribution < -0.4 is 10.6 Å². The Balaban J connectivity index is 1.93. The second kappa shape index (κ2) is 7.61. The lowest BCUT2D eigenvalue weighted by Crippen LogP contribution is -2.30. The zero-order valence-electron chi connectivity index (χ0n) is 12.2. The van der Waals surface area contributed by atoms with E-state index in [1.165, 1.54) is 18.2 Å². The van der Waals surface area contributed by atoms with E-state index in [1.807, 2.05) is 0 Å². The van der Waals surface area contributed by atoms with Crippen molar-refractivity contribution in [2.45, 2.75) is 13.0 Å². The minimum atomic E-state index is -0.690. The van der Waals surface area contributed by atoms with Crippen LogP contribution in [-0.2, 0) is 4.79 Å². The first-order valence-electron chi connectivity index (χ1n) is 6.80. The van der Waals surface area contributed by atoms with E-state index in [1.54, 1.807) is 13.0 Å². The molecule has 0 heterocycles. The maximum Gasteiger partial charge on any atom is 0.238 e. The fourth-order valence-corrected chi connectivity index (χ4v) is 2.33. The van der Waals surface area contributed by atoms with Crippen LogP contribution in [0.4, 0.5) is 18.9 Å². The second-order valence-electron chi connectivity index (χ2n) is 4.94. The summed E-state index contributed by atoms with van der Waals surface area (Å²) in [6, 6.07) is 7.01. The van der Waals surface area contributed by atoms with Crippen molar-refractivity contribution in [2.75, 3.05) is 11.9 Å². The van der Waals surface area contributed by atoms with Crippen LogP contribution in [0.1, 0.15) is 18.5 Å². The fraction of sp³-hybridized carbons (Fsp3) is 0.188. The average molecular weight is 387 g/mol. The Hall–Kier alpha value is -1.86. The first kappa shape index (κ1) is 17.5. The zero-order chi connectivity index (χ0) is 17.0. The van der Waals surface area contributed by atoms with E-state index in [-0.39, 0.29) is 17.8 Å². The molecule has 122 valence electrons. The number of nitrogens with one attached hydrogen (secondary N) is 2. The van der Waals surface area contributed by atoms with Crippen molar-refractivity contribution in [3.8, 4) is 0 Å². The second-order valence-corrected chi connectivity index (χ2v) is 5.86. The summed E-state index contributed by atoms with van der Waals surface area (Å²) in [7, 11) is 0. The number of hydrogen-bond acceptors (Lipinski definition) is 2. The summed E-state index contributed by atoms with van der Waals surface area (Å²) in [5, 5.41) is 5.22. The molecule has 1 atom stereocenters. The summed E-state index contributed by atoms with van der Waals surface area (Å²) >= 11 is 3.12. The molecule has 0 aliphatic heterocycles. The van der Waals surface area contributed by atoms with E-state index in [4.69, 9.17) is 0 Å². The van der Waals surface area contributed by atoms with Crippen molar-refractivity contribution in [1.29, 1.82) is 0 Å². The van der Waals surface area contributed by atoms with E-state index in [9.17, 15) is 18.0 Å². The smallest absolute Gasteiger partial charge is 0.238 e. The number of rotatable bonds is 5. The van der Waals surface area contributed by atoms with Crippen molar-refractivity contribution in [3.63, 3.8) is 0 Å².